The summed E-state index contributed by atoms with van der Waals surface area (Å²) in [5.74, 6) is 0. The number of nitrogens with one attached hydrogen (secondary N) is 1. The van der Waals surface area contributed by atoms with E-state index in [1.165, 1.54) is 6.33 Å². The number of nitrogens with zero attached hydrogens (tertiary/aromatic N) is 2. The highest BCUT2D eigenvalue weighted by Crippen LogP contribution is 2.20. The first-order valence-corrected chi connectivity index (χ1v) is 10.8. The van der Waals surface area contributed by atoms with Crippen LogP contribution < -0.4 is 5.56 Å². The molecule has 0 aliphatic rings. The monoisotopic (exact) mass is 309 g/mol. The molecule has 2 rings (SSSR count). The number of ether oxygens (including phenoxy) is 1. The van der Waals surface area contributed by atoms with Crippen LogP contribution in [0.3, 0.4) is 0 Å². The van der Waals surface area contributed by atoms with Crippen LogP contribution in [0.4, 0.5) is 0 Å². The van der Waals surface area contributed by atoms with Crippen molar-refractivity contribution in [2.24, 2.45) is 0 Å². The van der Waals surface area contributed by atoms with Gasteiger partial charge in [0.2, 0.25) is 0 Å². The standard InChI is InChI=1S/C14H23N3O3Si/c1-10(18)12-7-11-13(14(19)16-8-15-11)17(12)9-20-5-6-21(2,3)4/h7-8,10,18H,5-6,9H2,1-4H3,(H,15,16,19). The first-order valence-electron chi connectivity index (χ1n) is 7.12. The third-order valence-corrected chi connectivity index (χ3v) is 5.07. The minimum atomic E-state index is -1.14. The molecule has 0 spiro atoms. The SMILES string of the molecule is CC(O)c1cc2nc[nH]c(=O)c2n1COCC[Si](C)(C)C. The molecule has 0 amide bonds. The Hall–Kier alpha value is -1.44. The lowest BCUT2D eigenvalue weighted by molar-refractivity contribution is 0.0810. The first kappa shape index (κ1) is 15.9. The van der Waals surface area contributed by atoms with Crippen LogP contribution in [0.15, 0.2) is 17.2 Å². The second-order valence-corrected chi connectivity index (χ2v) is 12.1. The average molecular weight is 309 g/mol. The van der Waals surface area contributed by atoms with Gasteiger partial charge >= 0.3 is 0 Å². The number of hydrogen-bond acceptors (Lipinski definition) is 4. The fourth-order valence-electron chi connectivity index (χ4n) is 2.14. The molecule has 0 fully saturated rings. The average Bonchev–Trinajstić information content (AvgIpc) is 2.74. The van der Waals surface area contributed by atoms with Crippen molar-refractivity contribution in [1.29, 1.82) is 0 Å². The van der Waals surface area contributed by atoms with E-state index in [-0.39, 0.29) is 12.3 Å². The summed E-state index contributed by atoms with van der Waals surface area (Å²) in [6, 6.07) is 2.79. The summed E-state index contributed by atoms with van der Waals surface area (Å²) in [5.41, 5.74) is 1.44. The summed E-state index contributed by atoms with van der Waals surface area (Å²) in [6.45, 7) is 9.45. The van der Waals surface area contributed by atoms with Crippen molar-refractivity contribution in [3.63, 3.8) is 0 Å². The second kappa shape index (κ2) is 6.13. The number of H-pyrrole nitrogens is 1. The number of rotatable bonds is 6. The molecule has 0 saturated carbocycles. The predicted molar refractivity (Wildman–Crippen MR) is 85.1 cm³/mol. The first-order chi connectivity index (χ1) is 9.79. The molecule has 0 aliphatic carbocycles. The van der Waals surface area contributed by atoms with Gasteiger partial charge in [-0.05, 0) is 19.0 Å². The summed E-state index contributed by atoms with van der Waals surface area (Å²) < 4.78 is 7.42. The van der Waals surface area contributed by atoms with E-state index in [2.05, 4.69) is 29.6 Å². The quantitative estimate of drug-likeness (QED) is 0.632. The molecule has 1 atom stereocenters. The molecule has 0 bridgehead atoms. The van der Waals surface area contributed by atoms with E-state index >= 15 is 0 Å². The van der Waals surface area contributed by atoms with Gasteiger partial charge in [-0.1, -0.05) is 19.6 Å². The predicted octanol–water partition coefficient (Wildman–Crippen LogP) is 2.09. The third-order valence-electron chi connectivity index (χ3n) is 3.37. The molecule has 2 N–H and O–H groups in total. The van der Waals surface area contributed by atoms with Crippen LogP contribution in [0.5, 0.6) is 0 Å². The van der Waals surface area contributed by atoms with Crippen LogP contribution in [0.2, 0.25) is 25.7 Å². The number of aromatic nitrogens is 3. The maximum absolute atomic E-state index is 12.0. The zero-order valence-corrected chi connectivity index (χ0v) is 14.0. The zero-order chi connectivity index (χ0) is 15.6. The molecule has 2 aromatic rings. The second-order valence-electron chi connectivity index (χ2n) is 6.49. The van der Waals surface area contributed by atoms with Crippen molar-refractivity contribution in [1.82, 2.24) is 14.5 Å². The Morgan fingerprint density at radius 3 is 2.81 bits per heavy atom. The van der Waals surface area contributed by atoms with Crippen molar-refractivity contribution >= 4 is 19.1 Å². The van der Waals surface area contributed by atoms with Crippen LogP contribution in [0.1, 0.15) is 18.7 Å². The number of aromatic amines is 1. The number of aliphatic hydroxyl groups is 1. The van der Waals surface area contributed by atoms with E-state index in [4.69, 9.17) is 4.74 Å². The van der Waals surface area contributed by atoms with Gasteiger partial charge < -0.3 is 19.4 Å². The van der Waals surface area contributed by atoms with Gasteiger partial charge in [-0.25, -0.2) is 4.98 Å². The lowest BCUT2D eigenvalue weighted by Gasteiger charge is -2.17. The topological polar surface area (TPSA) is 80.1 Å². The van der Waals surface area contributed by atoms with E-state index in [1.54, 1.807) is 17.6 Å². The van der Waals surface area contributed by atoms with Crippen LogP contribution in [-0.4, -0.2) is 34.3 Å². The van der Waals surface area contributed by atoms with E-state index in [9.17, 15) is 9.90 Å². The minimum Gasteiger partial charge on any atom is -0.387 e. The Morgan fingerprint density at radius 2 is 2.19 bits per heavy atom. The highest BCUT2D eigenvalue weighted by atomic mass is 28.3. The lowest BCUT2D eigenvalue weighted by atomic mass is 10.3. The van der Waals surface area contributed by atoms with Crippen LogP contribution in [0, 0.1) is 0 Å². The van der Waals surface area contributed by atoms with E-state index in [0.29, 0.717) is 23.3 Å². The molecule has 1 unspecified atom stereocenters. The summed E-state index contributed by atoms with van der Waals surface area (Å²) in [6.07, 6.45) is 0.687. The Morgan fingerprint density at radius 1 is 1.48 bits per heavy atom. The Labute approximate surface area is 124 Å². The normalized spacial score (nSPS) is 13.8. The fourth-order valence-corrected chi connectivity index (χ4v) is 2.90. The molecule has 2 heterocycles. The molecule has 21 heavy (non-hydrogen) atoms. The van der Waals surface area contributed by atoms with Gasteiger partial charge in [-0.2, -0.15) is 0 Å². The smallest absolute Gasteiger partial charge is 0.275 e. The maximum atomic E-state index is 12.0. The number of aliphatic hydroxyl groups excluding tert-OH is 1. The van der Waals surface area contributed by atoms with Crippen LogP contribution >= 0.6 is 0 Å². The summed E-state index contributed by atoms with van der Waals surface area (Å²) >= 11 is 0. The molecule has 2 aromatic heterocycles. The molecular formula is C14H23N3O3Si. The van der Waals surface area contributed by atoms with Crippen molar-refractivity contribution in [3.8, 4) is 0 Å². The van der Waals surface area contributed by atoms with Gasteiger partial charge in [-0.15, -0.1) is 0 Å². The third kappa shape index (κ3) is 3.81. The van der Waals surface area contributed by atoms with Crippen molar-refractivity contribution in [2.45, 2.75) is 45.4 Å². The van der Waals surface area contributed by atoms with Crippen molar-refractivity contribution in [3.05, 3.63) is 28.4 Å². The number of hydrogen-bond donors (Lipinski definition) is 2. The Balaban J connectivity index is 2.25. The van der Waals surface area contributed by atoms with Gasteiger partial charge in [0.1, 0.15) is 12.2 Å². The number of fused-ring (bicyclic) bond motifs is 1. The van der Waals surface area contributed by atoms with Crippen molar-refractivity contribution < 1.29 is 9.84 Å². The van der Waals surface area contributed by atoms with Crippen LogP contribution in [-0.2, 0) is 11.5 Å². The van der Waals surface area contributed by atoms with Gasteiger partial charge in [0.15, 0.2) is 0 Å². The molecule has 6 nitrogen and oxygen atoms in total. The van der Waals surface area contributed by atoms with Gasteiger partial charge in [-0.3, -0.25) is 4.79 Å². The minimum absolute atomic E-state index is 0.222. The Bertz CT molecular complexity index is 670. The highest BCUT2D eigenvalue weighted by molar-refractivity contribution is 6.76. The van der Waals surface area contributed by atoms with E-state index in [0.717, 1.165) is 6.04 Å². The molecule has 7 heteroatoms. The van der Waals surface area contributed by atoms with E-state index in [1.807, 2.05) is 0 Å². The van der Waals surface area contributed by atoms with Crippen LogP contribution in [0.25, 0.3) is 11.0 Å². The maximum Gasteiger partial charge on any atom is 0.275 e. The Kier molecular flexibility index (Phi) is 4.65. The fraction of sp³-hybridized carbons (Fsp3) is 0.571. The molecule has 0 aromatic carbocycles. The molecule has 0 aliphatic heterocycles. The van der Waals surface area contributed by atoms with Gasteiger partial charge in [0.05, 0.1) is 23.6 Å². The summed E-state index contributed by atoms with van der Waals surface area (Å²) in [4.78, 5) is 18.7. The largest absolute Gasteiger partial charge is 0.387 e. The molecule has 0 saturated heterocycles. The van der Waals surface area contributed by atoms with Gasteiger partial charge in [0, 0.05) is 14.7 Å². The van der Waals surface area contributed by atoms with E-state index < -0.39 is 14.2 Å². The summed E-state index contributed by atoms with van der Waals surface area (Å²) in [5, 5.41) is 9.87. The van der Waals surface area contributed by atoms with Crippen molar-refractivity contribution in [2.75, 3.05) is 6.61 Å². The summed E-state index contributed by atoms with van der Waals surface area (Å²) in [7, 11) is -1.14. The zero-order valence-electron chi connectivity index (χ0n) is 13.0. The molecular weight excluding hydrogens is 286 g/mol. The molecule has 0 radical (unpaired) electrons. The lowest BCUT2D eigenvalue weighted by Crippen LogP contribution is -2.22. The van der Waals surface area contributed by atoms with Gasteiger partial charge in [0.25, 0.3) is 5.56 Å². The highest BCUT2D eigenvalue weighted by Gasteiger charge is 2.17. The molecule has 116 valence electrons.